The number of ether oxygens (including phenoxy) is 1. The van der Waals surface area contributed by atoms with Crippen molar-refractivity contribution >= 4 is 17.3 Å². The van der Waals surface area contributed by atoms with E-state index in [1.165, 1.54) is 0 Å². The standard InChI is InChI=1S/C17H18N2O3S/c1-10(2)6-7-22-14-5-4-12(8-13(14)9-18)16-19-11(3)15(23-16)17(20)21/h4-5,8,10H,6-7H2,1-3H3,(H,20,21). The van der Waals surface area contributed by atoms with E-state index < -0.39 is 5.97 Å². The summed E-state index contributed by atoms with van der Waals surface area (Å²) in [4.78, 5) is 15.6. The van der Waals surface area contributed by atoms with Crippen molar-refractivity contribution < 1.29 is 14.6 Å². The van der Waals surface area contributed by atoms with Gasteiger partial charge in [-0.25, -0.2) is 9.78 Å². The largest absolute Gasteiger partial charge is 0.492 e. The molecule has 2 rings (SSSR count). The minimum atomic E-state index is -0.986. The summed E-state index contributed by atoms with van der Waals surface area (Å²) < 4.78 is 5.66. The molecular weight excluding hydrogens is 312 g/mol. The number of aromatic nitrogens is 1. The molecule has 120 valence electrons. The number of benzene rings is 1. The number of aryl methyl sites for hydroxylation is 1. The Bertz CT molecular complexity index is 760. The van der Waals surface area contributed by atoms with E-state index in [0.717, 1.165) is 23.3 Å². The zero-order valence-electron chi connectivity index (χ0n) is 13.3. The van der Waals surface area contributed by atoms with Crippen molar-refractivity contribution in [3.63, 3.8) is 0 Å². The molecule has 0 aliphatic heterocycles. The monoisotopic (exact) mass is 330 g/mol. The van der Waals surface area contributed by atoms with Gasteiger partial charge in [-0.05, 0) is 37.5 Å². The summed E-state index contributed by atoms with van der Waals surface area (Å²) in [5, 5.41) is 19.0. The lowest BCUT2D eigenvalue weighted by atomic mass is 10.1. The molecular formula is C17H18N2O3S. The van der Waals surface area contributed by atoms with Crippen LogP contribution in [-0.2, 0) is 0 Å². The number of nitrogens with zero attached hydrogens (tertiary/aromatic N) is 2. The Morgan fingerprint density at radius 1 is 1.48 bits per heavy atom. The van der Waals surface area contributed by atoms with Gasteiger partial charge in [0, 0.05) is 5.56 Å². The molecule has 0 spiro atoms. The van der Waals surface area contributed by atoms with Gasteiger partial charge in [0.05, 0.1) is 17.9 Å². The smallest absolute Gasteiger partial charge is 0.347 e. The van der Waals surface area contributed by atoms with E-state index in [0.29, 0.717) is 34.5 Å². The molecule has 0 amide bonds. The third-order valence-electron chi connectivity index (χ3n) is 3.29. The molecule has 1 N–H and O–H groups in total. The fraction of sp³-hybridized carbons (Fsp3) is 0.353. The van der Waals surface area contributed by atoms with Crippen LogP contribution >= 0.6 is 11.3 Å². The molecule has 23 heavy (non-hydrogen) atoms. The number of carbonyl (C=O) groups is 1. The van der Waals surface area contributed by atoms with Gasteiger partial charge in [0.15, 0.2) is 0 Å². The van der Waals surface area contributed by atoms with Crippen LogP contribution in [0.3, 0.4) is 0 Å². The predicted molar refractivity (Wildman–Crippen MR) is 88.9 cm³/mol. The van der Waals surface area contributed by atoms with Gasteiger partial charge in [-0.1, -0.05) is 13.8 Å². The van der Waals surface area contributed by atoms with Gasteiger partial charge < -0.3 is 9.84 Å². The lowest BCUT2D eigenvalue weighted by molar-refractivity contribution is 0.0701. The molecule has 0 radical (unpaired) electrons. The van der Waals surface area contributed by atoms with Crippen molar-refractivity contribution in [2.45, 2.75) is 27.2 Å². The molecule has 1 aromatic heterocycles. The normalized spacial score (nSPS) is 10.6. The summed E-state index contributed by atoms with van der Waals surface area (Å²) >= 11 is 1.11. The fourth-order valence-electron chi connectivity index (χ4n) is 2.00. The second-order valence-electron chi connectivity index (χ2n) is 5.59. The number of nitriles is 1. The number of aromatic carboxylic acids is 1. The van der Waals surface area contributed by atoms with E-state index in [1.54, 1.807) is 25.1 Å². The number of rotatable bonds is 6. The first-order valence-corrected chi connectivity index (χ1v) is 8.12. The van der Waals surface area contributed by atoms with Crippen molar-refractivity contribution in [1.82, 2.24) is 4.98 Å². The van der Waals surface area contributed by atoms with Crippen LogP contribution in [0, 0.1) is 24.2 Å². The third kappa shape index (κ3) is 4.08. The van der Waals surface area contributed by atoms with Gasteiger partial charge in [0.25, 0.3) is 0 Å². The second kappa shape index (κ2) is 7.25. The van der Waals surface area contributed by atoms with Crippen molar-refractivity contribution in [3.05, 3.63) is 34.3 Å². The predicted octanol–water partition coefficient (Wildman–Crippen LogP) is 4.11. The summed E-state index contributed by atoms with van der Waals surface area (Å²) in [6.07, 6.45) is 0.917. The van der Waals surface area contributed by atoms with Crippen LogP contribution in [0.4, 0.5) is 0 Å². The van der Waals surface area contributed by atoms with Gasteiger partial charge in [-0.15, -0.1) is 11.3 Å². The summed E-state index contributed by atoms with van der Waals surface area (Å²) in [5.74, 6) is 0.0941. The quantitative estimate of drug-likeness (QED) is 0.861. The molecule has 0 saturated carbocycles. The van der Waals surface area contributed by atoms with Gasteiger partial charge in [-0.3, -0.25) is 0 Å². The lowest BCUT2D eigenvalue weighted by Gasteiger charge is -2.10. The number of carboxylic acids is 1. The number of hydrogen-bond donors (Lipinski definition) is 1. The fourth-order valence-corrected chi connectivity index (χ4v) is 2.90. The SMILES string of the molecule is Cc1nc(-c2ccc(OCCC(C)C)c(C#N)c2)sc1C(=O)O. The zero-order valence-corrected chi connectivity index (χ0v) is 14.1. The Morgan fingerprint density at radius 2 is 2.22 bits per heavy atom. The summed E-state index contributed by atoms with van der Waals surface area (Å²) in [5.41, 5.74) is 1.63. The van der Waals surface area contributed by atoms with Crippen LogP contribution in [0.1, 0.15) is 41.2 Å². The van der Waals surface area contributed by atoms with Crippen LogP contribution in [0.15, 0.2) is 18.2 Å². The summed E-state index contributed by atoms with van der Waals surface area (Å²) in [7, 11) is 0. The van der Waals surface area contributed by atoms with Crippen molar-refractivity contribution in [2.24, 2.45) is 5.92 Å². The molecule has 2 aromatic rings. The molecule has 0 aliphatic carbocycles. The first-order valence-electron chi connectivity index (χ1n) is 7.30. The Balaban J connectivity index is 2.27. The highest BCUT2D eigenvalue weighted by Crippen LogP contribution is 2.31. The molecule has 0 aliphatic rings. The maximum absolute atomic E-state index is 11.1. The average Bonchev–Trinajstić information content (AvgIpc) is 2.89. The summed E-state index contributed by atoms with van der Waals surface area (Å²) in [6.45, 7) is 6.45. The number of carboxylic acid groups (broad SMARTS) is 1. The number of hydrogen-bond acceptors (Lipinski definition) is 5. The maximum atomic E-state index is 11.1. The minimum Gasteiger partial charge on any atom is -0.492 e. The Morgan fingerprint density at radius 3 is 2.78 bits per heavy atom. The van der Waals surface area contributed by atoms with E-state index in [2.05, 4.69) is 24.9 Å². The average molecular weight is 330 g/mol. The van der Waals surface area contributed by atoms with Crippen molar-refractivity contribution in [3.8, 4) is 22.4 Å². The molecule has 0 fully saturated rings. The van der Waals surface area contributed by atoms with E-state index in [-0.39, 0.29) is 4.88 Å². The highest BCUT2D eigenvalue weighted by atomic mass is 32.1. The van der Waals surface area contributed by atoms with Crippen molar-refractivity contribution in [1.29, 1.82) is 5.26 Å². The third-order valence-corrected chi connectivity index (χ3v) is 4.49. The molecule has 0 bridgehead atoms. The van der Waals surface area contributed by atoms with E-state index in [4.69, 9.17) is 9.84 Å². The Kier molecular flexibility index (Phi) is 5.35. The van der Waals surface area contributed by atoms with Crippen LogP contribution in [0.5, 0.6) is 5.75 Å². The van der Waals surface area contributed by atoms with Crippen LogP contribution in [0.25, 0.3) is 10.6 Å². The molecule has 5 nitrogen and oxygen atoms in total. The molecule has 0 saturated heterocycles. The van der Waals surface area contributed by atoms with Gasteiger partial charge in [-0.2, -0.15) is 5.26 Å². The lowest BCUT2D eigenvalue weighted by Crippen LogP contribution is -2.02. The van der Waals surface area contributed by atoms with Crippen LogP contribution < -0.4 is 4.74 Å². The van der Waals surface area contributed by atoms with E-state index in [1.807, 2.05) is 0 Å². The minimum absolute atomic E-state index is 0.218. The van der Waals surface area contributed by atoms with Gasteiger partial charge in [0.1, 0.15) is 21.7 Å². The van der Waals surface area contributed by atoms with Gasteiger partial charge in [0.2, 0.25) is 0 Å². The molecule has 0 atom stereocenters. The highest BCUT2D eigenvalue weighted by molar-refractivity contribution is 7.17. The molecule has 0 unspecified atom stereocenters. The first-order chi connectivity index (χ1) is 10.9. The van der Waals surface area contributed by atoms with Gasteiger partial charge >= 0.3 is 5.97 Å². The maximum Gasteiger partial charge on any atom is 0.347 e. The van der Waals surface area contributed by atoms with Crippen molar-refractivity contribution in [2.75, 3.05) is 6.61 Å². The Labute approximate surface area is 139 Å². The summed E-state index contributed by atoms with van der Waals surface area (Å²) in [6, 6.07) is 7.36. The topological polar surface area (TPSA) is 83.2 Å². The van der Waals surface area contributed by atoms with Crippen LogP contribution in [-0.4, -0.2) is 22.7 Å². The second-order valence-corrected chi connectivity index (χ2v) is 6.59. The number of thiazole rings is 1. The van der Waals surface area contributed by atoms with E-state index in [9.17, 15) is 10.1 Å². The molecule has 6 heteroatoms. The first kappa shape index (κ1) is 17.0. The zero-order chi connectivity index (χ0) is 17.0. The highest BCUT2D eigenvalue weighted by Gasteiger charge is 2.16. The van der Waals surface area contributed by atoms with Crippen LogP contribution in [0.2, 0.25) is 0 Å². The molecule has 1 heterocycles. The molecule has 1 aromatic carbocycles. The van der Waals surface area contributed by atoms with E-state index >= 15 is 0 Å². The Hall–Kier alpha value is -2.39.